The van der Waals surface area contributed by atoms with E-state index in [1.54, 1.807) is 30.3 Å². The van der Waals surface area contributed by atoms with E-state index >= 15 is 0 Å². The highest BCUT2D eigenvalue weighted by Crippen LogP contribution is 2.37. The number of hydrogen-bond donors (Lipinski definition) is 3. The van der Waals surface area contributed by atoms with Gasteiger partial charge in [-0.05, 0) is 112 Å². The van der Waals surface area contributed by atoms with Crippen LogP contribution in [0.1, 0.15) is 42.5 Å². The molecule has 3 aromatic carbocycles. The fourth-order valence-corrected chi connectivity index (χ4v) is 5.53. The molecule has 0 aromatic heterocycles. The Hall–Kier alpha value is -3.30. The number of benzene rings is 3. The summed E-state index contributed by atoms with van der Waals surface area (Å²) in [6.45, 7) is 5.97. The molecule has 0 amide bonds. The van der Waals surface area contributed by atoms with E-state index < -0.39 is 0 Å². The number of aliphatic imine (C=N–C) groups is 2. The zero-order chi connectivity index (χ0) is 29.5. The summed E-state index contributed by atoms with van der Waals surface area (Å²) in [5, 5.41) is 9.71. The molecule has 8 heteroatoms. The van der Waals surface area contributed by atoms with Gasteiger partial charge < -0.3 is 10.8 Å². The molecule has 1 heterocycles. The van der Waals surface area contributed by atoms with Gasteiger partial charge in [-0.25, -0.2) is 9.38 Å². The molecule has 0 aliphatic carbocycles. The van der Waals surface area contributed by atoms with Gasteiger partial charge in [-0.2, -0.15) is 0 Å². The first-order valence-electron chi connectivity index (χ1n) is 14.0. The Labute approximate surface area is 248 Å². The summed E-state index contributed by atoms with van der Waals surface area (Å²) in [4.78, 5) is 12.0. The van der Waals surface area contributed by atoms with E-state index in [2.05, 4.69) is 63.1 Å². The van der Waals surface area contributed by atoms with Crippen molar-refractivity contribution in [3.63, 3.8) is 0 Å². The highest BCUT2D eigenvalue weighted by molar-refractivity contribution is 7.97. The highest BCUT2D eigenvalue weighted by atomic mass is 32.2. The molecule has 0 fully saturated rings. The molecule has 2 unspecified atom stereocenters. The molecular weight excluding hydrogens is 533 g/mol. The normalized spacial score (nSPS) is 16.4. The van der Waals surface area contributed by atoms with Crippen LogP contribution >= 0.6 is 11.9 Å². The van der Waals surface area contributed by atoms with Crippen LogP contribution in [0.3, 0.4) is 0 Å². The number of allylic oxidation sites excluding steroid dienone is 2. The summed E-state index contributed by atoms with van der Waals surface area (Å²) in [7, 11) is 2.21. The van der Waals surface area contributed by atoms with Gasteiger partial charge in [0, 0.05) is 42.5 Å². The summed E-state index contributed by atoms with van der Waals surface area (Å²) in [5.74, 6) is 0.238. The Morgan fingerprint density at radius 3 is 2.54 bits per heavy atom. The summed E-state index contributed by atoms with van der Waals surface area (Å²) in [5.41, 5.74) is 10.9. The number of hydrogen-bond acceptors (Lipinski definition) is 6. The third-order valence-electron chi connectivity index (χ3n) is 7.00. The summed E-state index contributed by atoms with van der Waals surface area (Å²) in [6, 6.07) is 23.7. The number of aliphatic hydroxyl groups excluding tert-OH is 1. The molecule has 0 spiro atoms. The SMILES string of the molecule is C/C(=C/C=Nc1ccc(SNCCC(CCO)C2c3ccccc3CCN2C)cc1)N=CN.Cc1ccc(F)cc1. The molecule has 3 aromatic rings. The zero-order valence-corrected chi connectivity index (χ0v) is 25.0. The predicted octanol–water partition coefficient (Wildman–Crippen LogP) is 6.63. The quantitative estimate of drug-likeness (QED) is 0.103. The van der Waals surface area contributed by atoms with Gasteiger partial charge in [-0.15, -0.1) is 0 Å². The van der Waals surface area contributed by atoms with E-state index in [1.807, 2.05) is 32.1 Å². The summed E-state index contributed by atoms with van der Waals surface area (Å²) in [6.07, 6.45) is 7.74. The smallest absolute Gasteiger partial charge is 0.123 e. The van der Waals surface area contributed by atoms with Crippen molar-refractivity contribution in [2.75, 3.05) is 26.7 Å². The van der Waals surface area contributed by atoms with E-state index in [0.29, 0.717) is 12.0 Å². The second kappa shape index (κ2) is 17.5. The van der Waals surface area contributed by atoms with Crippen molar-refractivity contribution in [1.29, 1.82) is 0 Å². The monoisotopic (exact) mass is 575 g/mol. The maximum absolute atomic E-state index is 12.1. The van der Waals surface area contributed by atoms with Crippen molar-refractivity contribution in [3.05, 3.63) is 107 Å². The second-order valence-corrected chi connectivity index (χ2v) is 11.0. The van der Waals surface area contributed by atoms with Crippen LogP contribution < -0.4 is 10.5 Å². The average molecular weight is 576 g/mol. The minimum Gasteiger partial charge on any atom is -0.396 e. The number of aryl methyl sites for hydroxylation is 1. The van der Waals surface area contributed by atoms with Gasteiger partial charge in [-0.3, -0.25) is 14.6 Å². The number of likely N-dealkylation sites (N-methyl/N-ethyl adjacent to an activating group) is 1. The van der Waals surface area contributed by atoms with Gasteiger partial charge in [0.1, 0.15) is 5.82 Å². The Morgan fingerprint density at radius 1 is 1.12 bits per heavy atom. The van der Waals surface area contributed by atoms with Crippen molar-refractivity contribution in [2.24, 2.45) is 21.6 Å². The van der Waals surface area contributed by atoms with Crippen LogP contribution in [-0.2, 0) is 6.42 Å². The van der Waals surface area contributed by atoms with Gasteiger partial charge in [0.15, 0.2) is 0 Å². The lowest BCUT2D eigenvalue weighted by molar-refractivity contribution is 0.131. The third-order valence-corrected chi connectivity index (χ3v) is 7.86. The average Bonchev–Trinajstić information content (AvgIpc) is 2.98. The molecule has 6 nitrogen and oxygen atoms in total. The zero-order valence-electron chi connectivity index (χ0n) is 24.2. The minimum atomic E-state index is -0.171. The number of nitrogens with zero attached hydrogens (tertiary/aromatic N) is 3. The number of nitrogens with two attached hydrogens (primary N) is 1. The van der Waals surface area contributed by atoms with Crippen molar-refractivity contribution >= 4 is 30.2 Å². The van der Waals surface area contributed by atoms with Crippen LogP contribution in [0.25, 0.3) is 0 Å². The largest absolute Gasteiger partial charge is 0.396 e. The van der Waals surface area contributed by atoms with Crippen LogP contribution in [0.2, 0.25) is 0 Å². The van der Waals surface area contributed by atoms with Gasteiger partial charge in [0.05, 0.1) is 12.0 Å². The third kappa shape index (κ3) is 10.9. The highest BCUT2D eigenvalue weighted by Gasteiger charge is 2.30. The Bertz CT molecular complexity index is 1260. The topological polar surface area (TPSA) is 86.2 Å². The lowest BCUT2D eigenvalue weighted by atomic mass is 9.82. The summed E-state index contributed by atoms with van der Waals surface area (Å²) < 4.78 is 15.6. The number of aliphatic hydroxyl groups is 1. The Kier molecular flexibility index (Phi) is 13.8. The fraction of sp³-hybridized carbons (Fsp3) is 0.333. The molecule has 2 atom stereocenters. The van der Waals surface area contributed by atoms with Crippen LogP contribution in [0.4, 0.5) is 10.1 Å². The van der Waals surface area contributed by atoms with Crippen molar-refractivity contribution in [2.45, 2.75) is 44.0 Å². The minimum absolute atomic E-state index is 0.171. The van der Waals surface area contributed by atoms with Crippen LogP contribution in [0, 0.1) is 18.7 Å². The van der Waals surface area contributed by atoms with E-state index in [9.17, 15) is 9.50 Å². The maximum Gasteiger partial charge on any atom is 0.123 e. The molecule has 4 rings (SSSR count). The number of nitrogens with one attached hydrogen (secondary N) is 1. The lowest BCUT2D eigenvalue weighted by Crippen LogP contribution is -2.37. The molecule has 0 saturated heterocycles. The fourth-order valence-electron chi connectivity index (χ4n) is 4.87. The van der Waals surface area contributed by atoms with Gasteiger partial charge in [0.25, 0.3) is 0 Å². The second-order valence-electron chi connectivity index (χ2n) is 10.1. The maximum atomic E-state index is 12.1. The molecule has 4 N–H and O–H groups in total. The van der Waals surface area contributed by atoms with Gasteiger partial charge in [0.2, 0.25) is 0 Å². The van der Waals surface area contributed by atoms with E-state index in [1.165, 1.54) is 29.6 Å². The first-order valence-corrected chi connectivity index (χ1v) is 14.8. The molecule has 1 aliphatic heterocycles. The molecule has 1 aliphatic rings. The van der Waals surface area contributed by atoms with E-state index in [-0.39, 0.29) is 12.4 Å². The van der Waals surface area contributed by atoms with Crippen molar-refractivity contribution < 1.29 is 9.50 Å². The van der Waals surface area contributed by atoms with Crippen LogP contribution in [-0.4, -0.2) is 49.3 Å². The number of rotatable bonds is 11. The number of fused-ring (bicyclic) bond motifs is 1. The number of halogens is 1. The van der Waals surface area contributed by atoms with Crippen LogP contribution in [0.5, 0.6) is 0 Å². The van der Waals surface area contributed by atoms with Crippen molar-refractivity contribution in [1.82, 2.24) is 9.62 Å². The van der Waals surface area contributed by atoms with E-state index in [4.69, 9.17) is 5.73 Å². The molecular formula is C33H42FN5OS. The Balaban J connectivity index is 0.000000496. The van der Waals surface area contributed by atoms with Crippen molar-refractivity contribution in [3.8, 4) is 0 Å². The molecule has 218 valence electrons. The first kappa shape index (κ1) is 32.2. The first-order chi connectivity index (χ1) is 19.9. The standard InChI is InChI=1S/C26H35N5OS.C7H7F/c1-20(29-19-27)11-15-28-23-7-9-24(10-8-23)33-30-16-12-22(14-18-32)26-25-6-4-3-5-21(25)13-17-31(26)2;1-6-2-4-7(8)5-3-6/h3-11,15,19,22,26,30,32H,12-14,16-18H2,1-2H3,(H2,27,29);2-5H,1H3/b20-11-,28-15?;. The van der Waals surface area contributed by atoms with Gasteiger partial charge in [-0.1, -0.05) is 42.0 Å². The molecule has 0 saturated carbocycles. The van der Waals surface area contributed by atoms with Crippen LogP contribution in [0.15, 0.2) is 99.4 Å². The summed E-state index contributed by atoms with van der Waals surface area (Å²) >= 11 is 1.63. The molecule has 0 radical (unpaired) electrons. The van der Waals surface area contributed by atoms with Gasteiger partial charge >= 0.3 is 0 Å². The molecule has 0 bridgehead atoms. The molecule has 41 heavy (non-hydrogen) atoms. The van der Waals surface area contributed by atoms with E-state index in [0.717, 1.165) is 54.2 Å². The lowest BCUT2D eigenvalue weighted by Gasteiger charge is -2.39. The predicted molar refractivity (Wildman–Crippen MR) is 171 cm³/mol. The Morgan fingerprint density at radius 2 is 1.85 bits per heavy atom.